The van der Waals surface area contributed by atoms with Gasteiger partial charge in [0.2, 0.25) is 11.8 Å². The predicted octanol–water partition coefficient (Wildman–Crippen LogP) is -1.02. The number of likely N-dealkylation sites (tertiary alicyclic amines) is 1. The first kappa shape index (κ1) is 10.6. The van der Waals surface area contributed by atoms with E-state index in [1.165, 1.54) is 0 Å². The second kappa shape index (κ2) is 3.02. The van der Waals surface area contributed by atoms with E-state index >= 15 is 0 Å². The average Bonchev–Trinajstić information content (AvgIpc) is 2.64. The van der Waals surface area contributed by atoms with Crippen molar-refractivity contribution in [2.75, 3.05) is 13.2 Å². The van der Waals surface area contributed by atoms with Gasteiger partial charge in [-0.2, -0.15) is 0 Å². The lowest BCUT2D eigenvalue weighted by Crippen LogP contribution is -2.47. The third-order valence-corrected chi connectivity index (χ3v) is 3.62. The third-order valence-electron chi connectivity index (χ3n) is 3.62. The van der Waals surface area contributed by atoms with Gasteiger partial charge in [0.05, 0.1) is 31.1 Å². The number of piperidine rings is 1. The van der Waals surface area contributed by atoms with Gasteiger partial charge in [-0.05, 0) is 5.41 Å². The normalized spacial score (nSPS) is 32.5. The first-order valence-corrected chi connectivity index (χ1v) is 5.05. The van der Waals surface area contributed by atoms with Crippen molar-refractivity contribution < 1.29 is 19.8 Å². The second-order valence-corrected chi connectivity index (χ2v) is 4.84. The van der Waals surface area contributed by atoms with Crippen molar-refractivity contribution in [1.29, 1.82) is 0 Å². The lowest BCUT2D eigenvalue weighted by Gasteiger charge is -2.26. The van der Waals surface area contributed by atoms with E-state index < -0.39 is 6.04 Å². The summed E-state index contributed by atoms with van der Waals surface area (Å²) in [5.41, 5.74) is -0.236. The maximum absolute atomic E-state index is 11.8. The van der Waals surface area contributed by atoms with Gasteiger partial charge in [0.1, 0.15) is 0 Å². The zero-order valence-corrected chi connectivity index (χ0v) is 8.80. The van der Waals surface area contributed by atoms with Crippen LogP contribution in [0.25, 0.3) is 0 Å². The summed E-state index contributed by atoms with van der Waals surface area (Å²) in [6, 6.07) is -0.770. The summed E-state index contributed by atoms with van der Waals surface area (Å²) < 4.78 is 0. The number of rotatable bonds is 3. The standard InChI is InChI=1S/C10H15NO4/c1-10(2)6-7(10)9(15)11(8(6)14)5(3-12)4-13/h5-7,12-13H,3-4H2,1-2H3. The number of amides is 2. The summed E-state index contributed by atoms with van der Waals surface area (Å²) in [7, 11) is 0. The molecule has 1 aliphatic heterocycles. The molecule has 2 atom stereocenters. The Labute approximate surface area is 87.7 Å². The molecule has 2 N–H and O–H groups in total. The minimum Gasteiger partial charge on any atom is -0.394 e. The molecule has 84 valence electrons. The molecule has 1 saturated heterocycles. The molecule has 5 nitrogen and oxygen atoms in total. The second-order valence-electron chi connectivity index (χ2n) is 4.84. The van der Waals surface area contributed by atoms with Crippen molar-refractivity contribution in [1.82, 2.24) is 4.90 Å². The molecule has 0 radical (unpaired) electrons. The van der Waals surface area contributed by atoms with Crippen LogP contribution in [0.2, 0.25) is 0 Å². The summed E-state index contributed by atoms with van der Waals surface area (Å²) in [5.74, 6) is -0.984. The molecule has 0 bridgehead atoms. The highest BCUT2D eigenvalue weighted by Gasteiger charge is 2.73. The number of nitrogens with zero attached hydrogens (tertiary/aromatic N) is 1. The molecule has 2 amide bonds. The Morgan fingerprint density at radius 2 is 1.60 bits per heavy atom. The lowest BCUT2D eigenvalue weighted by atomic mass is 10.0. The summed E-state index contributed by atoms with van der Waals surface area (Å²) in [4.78, 5) is 24.7. The zero-order chi connectivity index (χ0) is 11.4. The Morgan fingerprint density at radius 1 is 1.20 bits per heavy atom. The smallest absolute Gasteiger partial charge is 0.234 e. The van der Waals surface area contributed by atoms with Gasteiger partial charge in [0.15, 0.2) is 0 Å². The third kappa shape index (κ3) is 1.16. The summed E-state index contributed by atoms with van der Waals surface area (Å²) in [6.45, 7) is 3.02. The van der Waals surface area contributed by atoms with Crippen LogP contribution in [0.1, 0.15) is 13.8 Å². The van der Waals surface area contributed by atoms with E-state index in [4.69, 9.17) is 10.2 Å². The van der Waals surface area contributed by atoms with Crippen molar-refractivity contribution in [3.8, 4) is 0 Å². The molecule has 2 unspecified atom stereocenters. The number of carbonyl (C=O) groups is 2. The molecule has 1 aliphatic carbocycles. The zero-order valence-electron chi connectivity index (χ0n) is 8.80. The van der Waals surface area contributed by atoms with E-state index in [0.717, 1.165) is 4.90 Å². The highest BCUT2D eigenvalue weighted by atomic mass is 16.3. The number of aliphatic hydroxyl groups excluding tert-OH is 2. The van der Waals surface area contributed by atoms with Gasteiger partial charge in [-0.3, -0.25) is 14.5 Å². The van der Waals surface area contributed by atoms with Gasteiger partial charge in [-0.1, -0.05) is 13.8 Å². The highest BCUT2D eigenvalue weighted by Crippen LogP contribution is 2.63. The van der Waals surface area contributed by atoms with Crippen LogP contribution in [-0.2, 0) is 9.59 Å². The fraction of sp³-hybridized carbons (Fsp3) is 0.800. The molecule has 0 aromatic heterocycles. The van der Waals surface area contributed by atoms with Crippen LogP contribution in [0.3, 0.4) is 0 Å². The van der Waals surface area contributed by atoms with Gasteiger partial charge in [0.25, 0.3) is 0 Å². The number of imide groups is 1. The fourth-order valence-corrected chi connectivity index (χ4v) is 2.55. The quantitative estimate of drug-likeness (QED) is 0.588. The molecule has 1 heterocycles. The van der Waals surface area contributed by atoms with Gasteiger partial charge in [0, 0.05) is 0 Å². The fourth-order valence-electron chi connectivity index (χ4n) is 2.55. The molecule has 2 fully saturated rings. The average molecular weight is 213 g/mol. The van der Waals surface area contributed by atoms with E-state index in [-0.39, 0.29) is 42.3 Å². The number of hydrogen-bond donors (Lipinski definition) is 2. The van der Waals surface area contributed by atoms with Crippen LogP contribution in [0.15, 0.2) is 0 Å². The van der Waals surface area contributed by atoms with Crippen molar-refractivity contribution in [2.24, 2.45) is 17.3 Å². The van der Waals surface area contributed by atoms with Crippen molar-refractivity contribution in [3.05, 3.63) is 0 Å². The Bertz CT molecular complexity index is 297. The van der Waals surface area contributed by atoms with Crippen LogP contribution in [0.5, 0.6) is 0 Å². The Kier molecular flexibility index (Phi) is 2.13. The highest BCUT2D eigenvalue weighted by molar-refractivity contribution is 6.10. The first-order valence-electron chi connectivity index (χ1n) is 5.05. The van der Waals surface area contributed by atoms with Gasteiger partial charge >= 0.3 is 0 Å². The van der Waals surface area contributed by atoms with Crippen molar-refractivity contribution in [3.63, 3.8) is 0 Å². The molecule has 15 heavy (non-hydrogen) atoms. The minimum absolute atomic E-state index is 0.236. The molecule has 0 aromatic carbocycles. The van der Waals surface area contributed by atoms with E-state index in [0.29, 0.717) is 0 Å². The largest absolute Gasteiger partial charge is 0.394 e. The van der Waals surface area contributed by atoms with Gasteiger partial charge < -0.3 is 10.2 Å². The SMILES string of the molecule is CC1(C)C2C(=O)N(C(CO)CO)C(=O)C21. The predicted molar refractivity (Wildman–Crippen MR) is 50.6 cm³/mol. The molecule has 2 rings (SSSR count). The molecule has 5 heteroatoms. The van der Waals surface area contributed by atoms with E-state index in [2.05, 4.69) is 0 Å². The summed E-state index contributed by atoms with van der Waals surface area (Å²) in [6.07, 6.45) is 0. The van der Waals surface area contributed by atoms with Gasteiger partial charge in [-0.15, -0.1) is 0 Å². The number of hydrogen-bond acceptors (Lipinski definition) is 4. The van der Waals surface area contributed by atoms with Crippen LogP contribution >= 0.6 is 0 Å². The maximum Gasteiger partial charge on any atom is 0.234 e. The topological polar surface area (TPSA) is 77.8 Å². The number of aliphatic hydroxyl groups is 2. The molecule has 2 aliphatic rings. The van der Waals surface area contributed by atoms with E-state index in [1.54, 1.807) is 0 Å². The monoisotopic (exact) mass is 213 g/mol. The Hall–Kier alpha value is -0.940. The maximum atomic E-state index is 11.8. The molecule has 0 aromatic rings. The summed E-state index contributed by atoms with van der Waals surface area (Å²) >= 11 is 0. The number of carbonyl (C=O) groups excluding carboxylic acids is 2. The molecular weight excluding hydrogens is 198 g/mol. The molecule has 0 spiro atoms. The number of fused-ring (bicyclic) bond motifs is 1. The van der Waals surface area contributed by atoms with Crippen LogP contribution in [-0.4, -0.2) is 46.2 Å². The van der Waals surface area contributed by atoms with E-state index in [9.17, 15) is 9.59 Å². The molecule has 1 saturated carbocycles. The van der Waals surface area contributed by atoms with Crippen molar-refractivity contribution >= 4 is 11.8 Å². The lowest BCUT2D eigenvalue weighted by molar-refractivity contribution is -0.148. The Balaban J connectivity index is 2.20. The van der Waals surface area contributed by atoms with E-state index in [1.807, 2.05) is 13.8 Å². The van der Waals surface area contributed by atoms with Crippen LogP contribution in [0, 0.1) is 17.3 Å². The van der Waals surface area contributed by atoms with Gasteiger partial charge in [-0.25, -0.2) is 0 Å². The van der Waals surface area contributed by atoms with Crippen LogP contribution < -0.4 is 0 Å². The van der Waals surface area contributed by atoms with Crippen LogP contribution in [0.4, 0.5) is 0 Å². The Morgan fingerprint density at radius 3 is 1.93 bits per heavy atom. The molecular formula is C10H15NO4. The minimum atomic E-state index is -0.770. The first-order chi connectivity index (χ1) is 6.96. The summed E-state index contributed by atoms with van der Waals surface area (Å²) in [5, 5.41) is 17.9. The van der Waals surface area contributed by atoms with Crippen molar-refractivity contribution in [2.45, 2.75) is 19.9 Å².